The van der Waals surface area contributed by atoms with Crippen LogP contribution in [0.25, 0.3) is 11.3 Å². The lowest BCUT2D eigenvalue weighted by molar-refractivity contribution is -0.265. The van der Waals surface area contributed by atoms with Gasteiger partial charge in [-0.05, 0) is 61.0 Å². The van der Waals surface area contributed by atoms with Crippen LogP contribution in [0.3, 0.4) is 0 Å². The van der Waals surface area contributed by atoms with Crippen LogP contribution in [0, 0.1) is 5.82 Å². The SMILES string of the molecule is COc1cc(C(=O)NCC(O)(c2cc(CN)cc(-c3ccc(F)c(Cl)c3)n2)C(F)(F)F)ccc1OC[C@@H](C)O. The maximum atomic E-state index is 14.3. The fourth-order valence-electron chi connectivity index (χ4n) is 3.50. The Morgan fingerprint density at radius 2 is 1.87 bits per heavy atom. The van der Waals surface area contributed by atoms with Crippen molar-refractivity contribution in [3.63, 3.8) is 0 Å². The van der Waals surface area contributed by atoms with Crippen molar-refractivity contribution in [1.29, 1.82) is 0 Å². The van der Waals surface area contributed by atoms with E-state index in [1.54, 1.807) is 0 Å². The third-order valence-electron chi connectivity index (χ3n) is 5.64. The van der Waals surface area contributed by atoms with Gasteiger partial charge in [0.1, 0.15) is 12.4 Å². The van der Waals surface area contributed by atoms with Crippen molar-refractivity contribution < 1.29 is 42.0 Å². The fourth-order valence-corrected chi connectivity index (χ4v) is 3.69. The Morgan fingerprint density at radius 3 is 2.46 bits per heavy atom. The Bertz CT molecular complexity index is 1340. The molecule has 8 nitrogen and oxygen atoms in total. The van der Waals surface area contributed by atoms with Crippen LogP contribution >= 0.6 is 11.6 Å². The first kappa shape index (κ1) is 30.1. The van der Waals surface area contributed by atoms with E-state index in [4.69, 9.17) is 26.8 Å². The summed E-state index contributed by atoms with van der Waals surface area (Å²) in [4.78, 5) is 16.7. The highest BCUT2D eigenvalue weighted by Gasteiger charge is 2.56. The normalized spacial score (nSPS) is 13.9. The number of ether oxygens (including phenoxy) is 2. The van der Waals surface area contributed by atoms with E-state index in [1.165, 1.54) is 50.4 Å². The summed E-state index contributed by atoms with van der Waals surface area (Å²) in [5, 5.41) is 22.1. The topological polar surface area (TPSA) is 127 Å². The number of aliphatic hydroxyl groups excluding tert-OH is 1. The molecule has 0 aliphatic heterocycles. The molecule has 39 heavy (non-hydrogen) atoms. The number of aromatic nitrogens is 1. The predicted molar refractivity (Wildman–Crippen MR) is 135 cm³/mol. The first-order valence-corrected chi connectivity index (χ1v) is 11.9. The molecule has 0 fully saturated rings. The van der Waals surface area contributed by atoms with Crippen LogP contribution in [-0.4, -0.2) is 53.6 Å². The third kappa shape index (κ3) is 6.95. The fraction of sp³-hybridized carbons (Fsp3) is 0.308. The molecule has 1 heterocycles. The maximum Gasteiger partial charge on any atom is 0.424 e. The highest BCUT2D eigenvalue weighted by atomic mass is 35.5. The van der Waals surface area contributed by atoms with Gasteiger partial charge in [-0.3, -0.25) is 4.79 Å². The minimum atomic E-state index is -5.27. The van der Waals surface area contributed by atoms with Gasteiger partial charge in [-0.25, -0.2) is 9.37 Å². The Labute approximate surface area is 226 Å². The molecular formula is C26H26ClF4N3O5. The van der Waals surface area contributed by atoms with Crippen LogP contribution in [0.15, 0.2) is 48.5 Å². The summed E-state index contributed by atoms with van der Waals surface area (Å²) in [5.74, 6) is -1.37. The lowest BCUT2D eigenvalue weighted by atomic mass is 9.95. The van der Waals surface area contributed by atoms with Gasteiger partial charge in [0.25, 0.3) is 5.91 Å². The number of rotatable bonds is 10. The van der Waals surface area contributed by atoms with E-state index in [-0.39, 0.29) is 52.1 Å². The van der Waals surface area contributed by atoms with Gasteiger partial charge in [0.2, 0.25) is 5.60 Å². The summed E-state index contributed by atoms with van der Waals surface area (Å²) in [6.45, 7) is -0.0308. The lowest BCUT2D eigenvalue weighted by Gasteiger charge is -2.31. The van der Waals surface area contributed by atoms with Crippen molar-refractivity contribution in [1.82, 2.24) is 10.3 Å². The number of nitrogens with zero attached hydrogens (tertiary/aromatic N) is 1. The largest absolute Gasteiger partial charge is 0.493 e. The van der Waals surface area contributed by atoms with Crippen LogP contribution < -0.4 is 20.5 Å². The van der Waals surface area contributed by atoms with Gasteiger partial charge in [0.05, 0.1) is 36.2 Å². The number of amides is 1. The van der Waals surface area contributed by atoms with E-state index in [2.05, 4.69) is 10.3 Å². The number of methoxy groups -OCH3 is 1. The van der Waals surface area contributed by atoms with Crippen molar-refractivity contribution in [3.8, 4) is 22.8 Å². The summed E-state index contributed by atoms with van der Waals surface area (Å²) in [6.07, 6.45) is -6.04. The average molecular weight is 572 g/mol. The first-order chi connectivity index (χ1) is 18.3. The molecule has 210 valence electrons. The zero-order chi connectivity index (χ0) is 29.0. The van der Waals surface area contributed by atoms with Crippen LogP contribution in [-0.2, 0) is 12.1 Å². The number of nitrogens with one attached hydrogen (secondary N) is 1. The molecule has 2 atom stereocenters. The molecule has 2 aromatic carbocycles. The zero-order valence-corrected chi connectivity index (χ0v) is 21.6. The van der Waals surface area contributed by atoms with Crippen molar-refractivity contribution in [2.24, 2.45) is 5.73 Å². The predicted octanol–water partition coefficient (Wildman–Crippen LogP) is 3.95. The summed E-state index contributed by atoms with van der Waals surface area (Å²) < 4.78 is 66.9. The number of hydrogen-bond donors (Lipinski definition) is 4. The minimum Gasteiger partial charge on any atom is -0.493 e. The minimum absolute atomic E-state index is 0.0404. The Kier molecular flexibility index (Phi) is 9.38. The zero-order valence-electron chi connectivity index (χ0n) is 20.9. The molecule has 0 radical (unpaired) electrons. The highest BCUT2D eigenvalue weighted by molar-refractivity contribution is 6.31. The number of halogens is 5. The summed E-state index contributed by atoms with van der Waals surface area (Å²) >= 11 is 5.81. The molecule has 1 unspecified atom stereocenters. The van der Waals surface area contributed by atoms with Crippen LogP contribution in [0.1, 0.15) is 28.5 Å². The van der Waals surface area contributed by atoms with E-state index in [0.29, 0.717) is 0 Å². The molecule has 0 aliphatic rings. The smallest absolute Gasteiger partial charge is 0.424 e. The molecule has 3 aromatic rings. The quantitative estimate of drug-likeness (QED) is 0.271. The van der Waals surface area contributed by atoms with Crippen LogP contribution in [0.2, 0.25) is 5.02 Å². The van der Waals surface area contributed by atoms with E-state index in [0.717, 1.165) is 12.1 Å². The van der Waals surface area contributed by atoms with Gasteiger partial charge in [0, 0.05) is 17.7 Å². The number of aliphatic hydroxyl groups is 2. The van der Waals surface area contributed by atoms with Gasteiger partial charge in [0.15, 0.2) is 11.5 Å². The molecule has 0 saturated heterocycles. The van der Waals surface area contributed by atoms with E-state index in [9.17, 15) is 32.6 Å². The molecule has 1 aromatic heterocycles. The molecule has 0 bridgehead atoms. The van der Waals surface area contributed by atoms with Gasteiger partial charge in [-0.1, -0.05) is 11.6 Å². The Hall–Kier alpha value is -3.45. The van der Waals surface area contributed by atoms with Crippen LogP contribution in [0.5, 0.6) is 11.5 Å². The molecule has 1 amide bonds. The molecule has 0 aliphatic carbocycles. The molecule has 13 heteroatoms. The van der Waals surface area contributed by atoms with Crippen molar-refractivity contribution in [2.75, 3.05) is 20.3 Å². The van der Waals surface area contributed by atoms with E-state index in [1.807, 2.05) is 0 Å². The number of carbonyl (C=O) groups is 1. The van der Waals surface area contributed by atoms with Gasteiger partial charge in [-0.15, -0.1) is 0 Å². The summed E-state index contributed by atoms with van der Waals surface area (Å²) in [5.41, 5.74) is 1.49. The third-order valence-corrected chi connectivity index (χ3v) is 5.93. The van der Waals surface area contributed by atoms with Crippen molar-refractivity contribution in [2.45, 2.75) is 31.3 Å². The van der Waals surface area contributed by atoms with Crippen molar-refractivity contribution in [3.05, 3.63) is 76.2 Å². The molecule has 5 N–H and O–H groups in total. The standard InChI is InChI=1S/C26H26ClF4N3O5/c1-14(35)12-39-21-6-4-17(10-22(21)38-2)24(36)33-13-25(37,26(29,30)31)23-8-15(11-32)7-20(34-23)16-3-5-19(28)18(27)9-16/h3-10,14,35,37H,11-13,32H2,1-2H3,(H,33,36)/t14-,25?/m1/s1. The Morgan fingerprint density at radius 1 is 1.15 bits per heavy atom. The molecular weight excluding hydrogens is 546 g/mol. The van der Waals surface area contributed by atoms with Gasteiger partial charge >= 0.3 is 6.18 Å². The maximum absolute atomic E-state index is 14.3. The monoisotopic (exact) mass is 571 g/mol. The molecule has 0 saturated carbocycles. The second kappa shape index (κ2) is 12.2. The molecule has 0 spiro atoms. The van der Waals surface area contributed by atoms with E-state index < -0.39 is 41.8 Å². The number of alkyl halides is 3. The van der Waals surface area contributed by atoms with E-state index >= 15 is 0 Å². The second-order valence-corrected chi connectivity index (χ2v) is 9.05. The second-order valence-electron chi connectivity index (χ2n) is 8.65. The van der Waals surface area contributed by atoms with Gasteiger partial charge < -0.3 is 30.7 Å². The number of benzene rings is 2. The van der Waals surface area contributed by atoms with Gasteiger partial charge in [-0.2, -0.15) is 13.2 Å². The first-order valence-electron chi connectivity index (χ1n) is 11.5. The lowest BCUT2D eigenvalue weighted by Crippen LogP contribution is -2.51. The number of carbonyl (C=O) groups excluding carboxylic acids is 1. The molecule has 3 rings (SSSR count). The highest BCUT2D eigenvalue weighted by Crippen LogP contribution is 2.39. The number of hydrogen-bond acceptors (Lipinski definition) is 7. The number of pyridine rings is 1. The Balaban J connectivity index is 1.93. The average Bonchev–Trinajstić information content (AvgIpc) is 2.90. The van der Waals surface area contributed by atoms with Crippen LogP contribution in [0.4, 0.5) is 17.6 Å². The van der Waals surface area contributed by atoms with Crippen molar-refractivity contribution >= 4 is 17.5 Å². The number of nitrogens with two attached hydrogens (primary N) is 1. The summed E-state index contributed by atoms with van der Waals surface area (Å²) in [6, 6.07) is 9.72. The summed E-state index contributed by atoms with van der Waals surface area (Å²) in [7, 11) is 1.30.